The van der Waals surface area contributed by atoms with Crippen molar-refractivity contribution < 1.29 is 26.2 Å². The smallest absolute Gasteiger partial charge is 0 e. The first-order chi connectivity index (χ1) is 11.8. The van der Waals surface area contributed by atoms with Crippen LogP contribution in [0.25, 0.3) is 21.9 Å². The minimum absolute atomic E-state index is 0. The summed E-state index contributed by atoms with van der Waals surface area (Å²) in [7, 11) is 0. The zero-order valence-electron chi connectivity index (χ0n) is 15.2. The predicted molar refractivity (Wildman–Crippen MR) is 104 cm³/mol. The normalized spacial score (nSPS) is 16.5. The molecule has 0 radical (unpaired) electrons. The van der Waals surface area contributed by atoms with Crippen molar-refractivity contribution in [3.63, 3.8) is 0 Å². The summed E-state index contributed by atoms with van der Waals surface area (Å²) in [4.78, 5) is 0. The Hall–Kier alpha value is -1.07. The van der Waals surface area contributed by atoms with Gasteiger partial charge in [0.1, 0.15) is 0 Å². The maximum atomic E-state index is 2.46. The van der Waals surface area contributed by atoms with E-state index in [9.17, 15) is 0 Å². The number of hydrogen-bond donors (Lipinski definition) is 0. The second-order valence-corrected chi connectivity index (χ2v) is 7.63. The van der Waals surface area contributed by atoms with E-state index in [4.69, 9.17) is 0 Å². The molecule has 0 unspecified atom stereocenters. The fourth-order valence-corrected chi connectivity index (χ4v) is 4.66. The summed E-state index contributed by atoms with van der Waals surface area (Å²) in [5, 5.41) is 2.81. The largest absolute Gasteiger partial charge is 0.164 e. The van der Waals surface area contributed by atoms with Gasteiger partial charge < -0.3 is 0 Å². The van der Waals surface area contributed by atoms with Gasteiger partial charge in [-0.1, -0.05) is 74.6 Å². The van der Waals surface area contributed by atoms with Crippen molar-refractivity contribution in [2.24, 2.45) is 5.41 Å². The Bertz CT molecular complexity index is 806. The molecule has 3 aromatic carbocycles. The van der Waals surface area contributed by atoms with E-state index in [0.717, 1.165) is 0 Å². The SMILES string of the molecule is CCC1(Cc2cc3c(-c4ccccc4)cccc3[cH-]2)CCCCC1.[Zr]. The van der Waals surface area contributed by atoms with Crippen molar-refractivity contribution in [2.75, 3.05) is 0 Å². The van der Waals surface area contributed by atoms with Crippen molar-refractivity contribution in [2.45, 2.75) is 51.9 Å². The maximum Gasteiger partial charge on any atom is 0 e. The van der Waals surface area contributed by atoms with Gasteiger partial charge in [0, 0.05) is 26.2 Å². The van der Waals surface area contributed by atoms with E-state index in [2.05, 4.69) is 67.6 Å². The number of benzene rings is 2. The molecule has 0 amide bonds. The summed E-state index contributed by atoms with van der Waals surface area (Å²) >= 11 is 0. The average Bonchev–Trinajstić information content (AvgIpc) is 3.05. The molecule has 4 rings (SSSR count). The topological polar surface area (TPSA) is 0 Å². The second-order valence-electron chi connectivity index (χ2n) is 7.63. The zero-order valence-corrected chi connectivity index (χ0v) is 17.7. The van der Waals surface area contributed by atoms with Gasteiger partial charge in [-0.3, -0.25) is 0 Å². The first kappa shape index (κ1) is 18.7. The van der Waals surface area contributed by atoms with Gasteiger partial charge in [-0.25, -0.2) is 0 Å². The van der Waals surface area contributed by atoms with Crippen molar-refractivity contribution in [3.8, 4) is 11.1 Å². The predicted octanol–water partition coefficient (Wildman–Crippen LogP) is 7.13. The summed E-state index contributed by atoms with van der Waals surface area (Å²) in [6, 6.07) is 22.4. The molecule has 1 saturated carbocycles. The zero-order chi connectivity index (χ0) is 16.4. The summed E-state index contributed by atoms with van der Waals surface area (Å²) in [6.45, 7) is 2.39. The van der Waals surface area contributed by atoms with Gasteiger partial charge in [-0.15, -0.1) is 34.5 Å². The van der Waals surface area contributed by atoms with Crippen LogP contribution in [0.4, 0.5) is 0 Å². The van der Waals surface area contributed by atoms with Gasteiger partial charge in [0.25, 0.3) is 0 Å². The van der Waals surface area contributed by atoms with Crippen molar-refractivity contribution in [3.05, 3.63) is 66.2 Å². The van der Waals surface area contributed by atoms with E-state index in [-0.39, 0.29) is 26.2 Å². The molecule has 3 aromatic rings. The summed E-state index contributed by atoms with van der Waals surface area (Å²) in [5.41, 5.74) is 4.78. The quantitative estimate of drug-likeness (QED) is 0.404. The van der Waals surface area contributed by atoms with Crippen LogP contribution in [0.3, 0.4) is 0 Å². The third kappa shape index (κ3) is 3.87. The van der Waals surface area contributed by atoms with Crippen molar-refractivity contribution in [1.29, 1.82) is 0 Å². The van der Waals surface area contributed by atoms with E-state index in [1.165, 1.54) is 72.4 Å². The standard InChI is InChI=1S/C24H27.Zr/c1-2-24(14-7-4-8-15-24)18-19-16-21-12-9-13-22(23(21)17-19)20-10-5-3-6-11-20;/h3,5-6,9-13,16-17H,2,4,7-8,14-15,18H2,1H3;/q-1;. The Balaban J connectivity index is 0.00000182. The van der Waals surface area contributed by atoms with E-state index < -0.39 is 0 Å². The fraction of sp³-hybridized carbons (Fsp3) is 0.375. The maximum absolute atomic E-state index is 2.46. The molecule has 1 fully saturated rings. The molecule has 0 nitrogen and oxygen atoms in total. The van der Waals surface area contributed by atoms with Gasteiger partial charge in [-0.2, -0.15) is 6.07 Å². The molecule has 0 bridgehead atoms. The molecule has 0 atom stereocenters. The number of hydrogen-bond acceptors (Lipinski definition) is 0. The first-order valence-electron chi connectivity index (χ1n) is 9.53. The van der Waals surface area contributed by atoms with E-state index in [1.54, 1.807) is 0 Å². The Kier molecular flexibility index (Phi) is 6.05. The Morgan fingerprint density at radius 1 is 0.920 bits per heavy atom. The van der Waals surface area contributed by atoms with E-state index >= 15 is 0 Å². The van der Waals surface area contributed by atoms with Gasteiger partial charge >= 0.3 is 0 Å². The first-order valence-corrected chi connectivity index (χ1v) is 9.53. The molecule has 1 aliphatic carbocycles. The molecule has 1 heteroatoms. The van der Waals surface area contributed by atoms with Crippen LogP contribution in [0.15, 0.2) is 60.7 Å². The van der Waals surface area contributed by atoms with Gasteiger partial charge in [-0.05, 0) is 30.2 Å². The van der Waals surface area contributed by atoms with Gasteiger partial charge in [0.15, 0.2) is 0 Å². The van der Waals surface area contributed by atoms with Gasteiger partial charge in [0.2, 0.25) is 0 Å². The van der Waals surface area contributed by atoms with Crippen LogP contribution in [0.2, 0.25) is 0 Å². The molecular weight excluding hydrogens is 379 g/mol. The Morgan fingerprint density at radius 2 is 1.68 bits per heavy atom. The van der Waals surface area contributed by atoms with Crippen molar-refractivity contribution in [1.82, 2.24) is 0 Å². The molecule has 1 aliphatic rings. The molecule has 0 spiro atoms. The molecule has 0 heterocycles. The van der Waals surface area contributed by atoms with Gasteiger partial charge in [0.05, 0.1) is 0 Å². The number of fused-ring (bicyclic) bond motifs is 1. The summed E-state index contributed by atoms with van der Waals surface area (Å²) < 4.78 is 0. The van der Waals surface area contributed by atoms with Crippen LogP contribution in [0, 0.1) is 5.41 Å². The molecule has 0 aliphatic heterocycles. The third-order valence-corrected chi connectivity index (χ3v) is 6.14. The minimum atomic E-state index is 0. The summed E-state index contributed by atoms with van der Waals surface area (Å²) in [6.07, 6.45) is 9.68. The van der Waals surface area contributed by atoms with Crippen LogP contribution in [-0.4, -0.2) is 0 Å². The Labute approximate surface area is 171 Å². The van der Waals surface area contributed by atoms with Crippen LogP contribution < -0.4 is 0 Å². The third-order valence-electron chi connectivity index (χ3n) is 6.14. The molecule has 0 saturated heterocycles. The molecule has 0 aromatic heterocycles. The van der Waals surface area contributed by atoms with Crippen molar-refractivity contribution >= 4 is 10.8 Å². The van der Waals surface area contributed by atoms with Crippen LogP contribution in [0.1, 0.15) is 51.0 Å². The fourth-order valence-electron chi connectivity index (χ4n) is 4.66. The van der Waals surface area contributed by atoms with E-state index in [0.29, 0.717) is 5.41 Å². The van der Waals surface area contributed by atoms with E-state index in [1.807, 2.05) is 0 Å². The molecule has 128 valence electrons. The monoisotopic (exact) mass is 405 g/mol. The average molecular weight is 407 g/mol. The van der Waals surface area contributed by atoms with Crippen LogP contribution >= 0.6 is 0 Å². The molecular formula is C24H27Zr-. The number of rotatable bonds is 4. The second kappa shape index (κ2) is 8.09. The summed E-state index contributed by atoms with van der Waals surface area (Å²) in [5.74, 6) is 0. The minimum Gasteiger partial charge on any atom is -0.164 e. The van der Waals surface area contributed by atoms with Crippen LogP contribution in [0.5, 0.6) is 0 Å². The molecule has 0 N–H and O–H groups in total. The van der Waals surface area contributed by atoms with Crippen LogP contribution in [-0.2, 0) is 32.6 Å². The molecule has 25 heavy (non-hydrogen) atoms. The Morgan fingerprint density at radius 3 is 2.40 bits per heavy atom.